The van der Waals surface area contributed by atoms with Crippen LogP contribution in [0.15, 0.2) is 90.1 Å². The average Bonchev–Trinajstić information content (AvgIpc) is 3.36. The highest BCUT2D eigenvalue weighted by Gasteiger charge is 2.28. The van der Waals surface area contributed by atoms with Gasteiger partial charge in [-0.05, 0) is 78.6 Å². The monoisotopic (exact) mass is 556 g/mol. The van der Waals surface area contributed by atoms with E-state index in [1.54, 1.807) is 29.3 Å². The number of aromatic nitrogens is 2. The van der Waals surface area contributed by atoms with Gasteiger partial charge in [-0.25, -0.2) is 18.1 Å². The van der Waals surface area contributed by atoms with Crippen molar-refractivity contribution >= 4 is 21.6 Å². The summed E-state index contributed by atoms with van der Waals surface area (Å²) < 4.78 is 31.5. The minimum Gasteiger partial charge on any atom is -0.337 e. The summed E-state index contributed by atoms with van der Waals surface area (Å²) in [5, 5.41) is 0. The molecule has 1 heterocycles. The van der Waals surface area contributed by atoms with Crippen molar-refractivity contribution in [1.82, 2.24) is 14.3 Å². The van der Waals surface area contributed by atoms with Crippen molar-refractivity contribution < 1.29 is 13.2 Å². The number of hydrogen-bond donors (Lipinski definition) is 1. The summed E-state index contributed by atoms with van der Waals surface area (Å²) in [5.41, 5.74) is 4.78. The standard InChI is InChI=1S/C32H36N4O3S/c1-23-9-7-13-28(19-23)40(38,39)34-30-14-8-12-26-15-16-27(21-29(26)30)36(22-31-33-17-18-35(31)3)32(37)20-24(2)25-10-5-4-6-11-25/h4-7,9-11,13,15-19,21,24,30,34H,8,12,14,20,22H2,1-3H3/t24-,30-/m0/s1. The summed E-state index contributed by atoms with van der Waals surface area (Å²) in [5.74, 6) is 0.811. The van der Waals surface area contributed by atoms with Gasteiger partial charge in [-0.2, -0.15) is 0 Å². The van der Waals surface area contributed by atoms with Crippen molar-refractivity contribution in [2.75, 3.05) is 4.90 Å². The summed E-state index contributed by atoms with van der Waals surface area (Å²) in [6.45, 7) is 4.27. The van der Waals surface area contributed by atoms with Gasteiger partial charge >= 0.3 is 0 Å². The van der Waals surface area contributed by atoms with Gasteiger partial charge in [0.15, 0.2) is 0 Å². The van der Waals surface area contributed by atoms with Crippen molar-refractivity contribution in [1.29, 1.82) is 0 Å². The minimum atomic E-state index is -3.71. The molecule has 0 radical (unpaired) electrons. The first-order valence-corrected chi connectivity index (χ1v) is 15.2. The van der Waals surface area contributed by atoms with E-state index in [0.717, 1.165) is 46.6 Å². The SMILES string of the molecule is Cc1cccc(S(=O)(=O)N[C@H]2CCCc3ccc(N(Cc4nccn4C)C(=O)C[C@H](C)c4ccccc4)cc32)c1. The predicted octanol–water partition coefficient (Wildman–Crippen LogP) is 5.81. The first kappa shape index (κ1) is 27.8. The van der Waals surface area contributed by atoms with E-state index in [1.807, 2.05) is 79.3 Å². The van der Waals surface area contributed by atoms with Crippen LogP contribution in [0.5, 0.6) is 0 Å². The number of carbonyl (C=O) groups is 1. The number of nitrogens with zero attached hydrogens (tertiary/aromatic N) is 3. The second-order valence-electron chi connectivity index (χ2n) is 10.7. The van der Waals surface area contributed by atoms with Crippen molar-refractivity contribution in [3.8, 4) is 0 Å². The lowest BCUT2D eigenvalue weighted by Gasteiger charge is -2.30. The van der Waals surface area contributed by atoms with Crippen LogP contribution in [0, 0.1) is 6.92 Å². The molecule has 0 unspecified atom stereocenters. The van der Waals surface area contributed by atoms with Crippen LogP contribution in [0.2, 0.25) is 0 Å². The number of imidazole rings is 1. The number of carbonyl (C=O) groups excluding carboxylic acids is 1. The van der Waals surface area contributed by atoms with Gasteiger partial charge in [-0.1, -0.05) is 55.5 Å². The van der Waals surface area contributed by atoms with Crippen LogP contribution >= 0.6 is 0 Å². The number of fused-ring (bicyclic) bond motifs is 1. The Bertz CT molecular complexity index is 1600. The highest BCUT2D eigenvalue weighted by molar-refractivity contribution is 7.89. The lowest BCUT2D eigenvalue weighted by atomic mass is 9.87. The Morgan fingerprint density at radius 2 is 1.90 bits per heavy atom. The van der Waals surface area contributed by atoms with Gasteiger partial charge < -0.3 is 9.47 Å². The Hall–Kier alpha value is -3.75. The van der Waals surface area contributed by atoms with Gasteiger partial charge in [-0.3, -0.25) is 4.79 Å². The fraction of sp³-hybridized carbons (Fsp3) is 0.312. The van der Waals surface area contributed by atoms with Crippen LogP contribution < -0.4 is 9.62 Å². The average molecular weight is 557 g/mol. The number of nitrogens with one attached hydrogen (secondary N) is 1. The molecule has 1 aliphatic carbocycles. The maximum atomic E-state index is 13.8. The zero-order valence-electron chi connectivity index (χ0n) is 23.2. The van der Waals surface area contributed by atoms with Gasteiger partial charge in [0, 0.05) is 37.6 Å². The highest BCUT2D eigenvalue weighted by Crippen LogP contribution is 2.35. The smallest absolute Gasteiger partial charge is 0.241 e. The van der Waals surface area contributed by atoms with Crippen LogP contribution in [-0.2, 0) is 34.8 Å². The summed E-state index contributed by atoms with van der Waals surface area (Å²) >= 11 is 0. The first-order chi connectivity index (χ1) is 19.2. The molecular formula is C32H36N4O3S. The molecule has 208 valence electrons. The molecule has 0 aliphatic heterocycles. The Balaban J connectivity index is 1.46. The lowest BCUT2D eigenvalue weighted by molar-refractivity contribution is -0.119. The van der Waals surface area contributed by atoms with E-state index in [9.17, 15) is 13.2 Å². The molecule has 0 saturated carbocycles. The lowest BCUT2D eigenvalue weighted by Crippen LogP contribution is -2.34. The van der Waals surface area contributed by atoms with E-state index in [4.69, 9.17) is 0 Å². The van der Waals surface area contributed by atoms with Crippen LogP contribution in [0.3, 0.4) is 0 Å². The molecule has 0 saturated heterocycles. The van der Waals surface area contributed by atoms with Crippen LogP contribution in [-0.4, -0.2) is 23.9 Å². The third-order valence-corrected chi connectivity index (χ3v) is 9.19. The van der Waals surface area contributed by atoms with Crippen molar-refractivity contribution in [2.45, 2.75) is 62.9 Å². The Morgan fingerprint density at radius 1 is 1.10 bits per heavy atom. The molecule has 0 fully saturated rings. The normalized spacial score (nSPS) is 15.8. The van der Waals surface area contributed by atoms with Gasteiger partial charge in [0.25, 0.3) is 0 Å². The molecule has 5 rings (SSSR count). The van der Waals surface area contributed by atoms with Crippen LogP contribution in [0.25, 0.3) is 0 Å². The molecule has 1 aromatic heterocycles. The van der Waals surface area contributed by atoms with Crippen molar-refractivity contribution in [3.63, 3.8) is 0 Å². The van der Waals surface area contributed by atoms with E-state index >= 15 is 0 Å². The van der Waals surface area contributed by atoms with E-state index in [-0.39, 0.29) is 22.8 Å². The molecule has 2 atom stereocenters. The Labute approximate surface area is 236 Å². The number of hydrogen-bond acceptors (Lipinski definition) is 4. The number of anilines is 1. The molecular weight excluding hydrogens is 520 g/mol. The van der Waals surface area contributed by atoms with Gasteiger partial charge in [0.05, 0.1) is 11.4 Å². The van der Waals surface area contributed by atoms with E-state index in [0.29, 0.717) is 19.4 Å². The first-order valence-electron chi connectivity index (χ1n) is 13.7. The second kappa shape index (κ2) is 11.8. The summed E-state index contributed by atoms with van der Waals surface area (Å²) in [6, 6.07) is 22.6. The minimum absolute atomic E-state index is 0.00740. The maximum absolute atomic E-state index is 13.8. The van der Waals surface area contributed by atoms with Crippen molar-refractivity contribution in [3.05, 3.63) is 113 Å². The third kappa shape index (κ3) is 6.18. The van der Waals surface area contributed by atoms with Crippen LogP contribution in [0.4, 0.5) is 5.69 Å². The van der Waals surface area contributed by atoms with Gasteiger partial charge in [-0.15, -0.1) is 0 Å². The predicted molar refractivity (Wildman–Crippen MR) is 157 cm³/mol. The molecule has 4 aromatic rings. The number of benzene rings is 3. The molecule has 3 aromatic carbocycles. The zero-order chi connectivity index (χ0) is 28.3. The number of aryl methyl sites for hydroxylation is 3. The summed E-state index contributed by atoms with van der Waals surface area (Å²) in [4.78, 5) is 20.3. The molecule has 8 heteroatoms. The summed E-state index contributed by atoms with van der Waals surface area (Å²) in [6.07, 6.45) is 6.39. The third-order valence-electron chi connectivity index (χ3n) is 7.72. The van der Waals surface area contributed by atoms with E-state index in [1.165, 1.54) is 0 Å². The number of amides is 1. The van der Waals surface area contributed by atoms with Gasteiger partial charge in [0.2, 0.25) is 15.9 Å². The molecule has 7 nitrogen and oxygen atoms in total. The molecule has 40 heavy (non-hydrogen) atoms. The summed E-state index contributed by atoms with van der Waals surface area (Å²) in [7, 11) is -1.79. The number of rotatable bonds is 9. The van der Waals surface area contributed by atoms with Crippen molar-refractivity contribution in [2.24, 2.45) is 7.05 Å². The van der Waals surface area contributed by atoms with E-state index in [2.05, 4.69) is 16.6 Å². The molecule has 1 amide bonds. The second-order valence-corrected chi connectivity index (χ2v) is 12.4. The molecule has 1 aliphatic rings. The topological polar surface area (TPSA) is 84.3 Å². The molecule has 0 bridgehead atoms. The highest BCUT2D eigenvalue weighted by atomic mass is 32.2. The molecule has 0 spiro atoms. The van der Waals surface area contributed by atoms with Crippen LogP contribution in [0.1, 0.15) is 66.2 Å². The Morgan fingerprint density at radius 3 is 2.62 bits per heavy atom. The molecule has 1 N–H and O–H groups in total. The van der Waals surface area contributed by atoms with E-state index < -0.39 is 10.0 Å². The largest absolute Gasteiger partial charge is 0.337 e. The fourth-order valence-electron chi connectivity index (χ4n) is 5.40. The maximum Gasteiger partial charge on any atom is 0.241 e. The van der Waals surface area contributed by atoms with Gasteiger partial charge in [0.1, 0.15) is 5.82 Å². The quantitative estimate of drug-likeness (QED) is 0.282. The number of sulfonamides is 1. The Kier molecular flexibility index (Phi) is 8.19. The fourth-order valence-corrected chi connectivity index (χ4v) is 6.75. The zero-order valence-corrected chi connectivity index (χ0v) is 24.1.